The lowest BCUT2D eigenvalue weighted by Crippen LogP contribution is -2.35. The molecular formula is C15H30N2O3. The zero-order valence-electron chi connectivity index (χ0n) is 12.9. The van der Waals surface area contributed by atoms with E-state index in [0.29, 0.717) is 38.1 Å². The first kappa shape index (κ1) is 17.4. The molecule has 5 nitrogen and oxygen atoms in total. The standard InChI is InChI=1S/C15H30N2O3/c1-12(2)9-17-15(19)7-8-16-10-13(18)11-20-14-5-3-4-6-14/h12-14,16,18H,3-11H2,1-2H3,(H,17,19). The Morgan fingerprint density at radius 1 is 1.30 bits per heavy atom. The predicted molar refractivity (Wildman–Crippen MR) is 79.5 cm³/mol. The van der Waals surface area contributed by atoms with E-state index >= 15 is 0 Å². The van der Waals surface area contributed by atoms with Crippen molar-refractivity contribution < 1.29 is 14.6 Å². The first-order valence-corrected chi connectivity index (χ1v) is 7.85. The number of carbonyl (C=O) groups is 1. The second kappa shape index (κ2) is 10.1. The molecule has 0 spiro atoms. The molecule has 20 heavy (non-hydrogen) atoms. The van der Waals surface area contributed by atoms with Gasteiger partial charge in [-0.1, -0.05) is 26.7 Å². The van der Waals surface area contributed by atoms with Crippen LogP contribution in [-0.2, 0) is 9.53 Å². The highest BCUT2D eigenvalue weighted by Gasteiger charge is 2.16. The molecule has 0 saturated heterocycles. The van der Waals surface area contributed by atoms with Crippen LogP contribution in [0.25, 0.3) is 0 Å². The molecule has 0 aliphatic heterocycles. The summed E-state index contributed by atoms with van der Waals surface area (Å²) in [5.74, 6) is 0.532. The third-order valence-corrected chi connectivity index (χ3v) is 3.44. The zero-order chi connectivity index (χ0) is 14.8. The number of rotatable bonds is 10. The molecule has 1 saturated carbocycles. The lowest BCUT2D eigenvalue weighted by Gasteiger charge is -2.16. The summed E-state index contributed by atoms with van der Waals surface area (Å²) in [5, 5.41) is 15.7. The number of hydrogen-bond acceptors (Lipinski definition) is 4. The lowest BCUT2D eigenvalue weighted by molar-refractivity contribution is -0.121. The SMILES string of the molecule is CC(C)CNC(=O)CCNCC(O)COC1CCCC1. The minimum atomic E-state index is -0.491. The van der Waals surface area contributed by atoms with Crippen molar-refractivity contribution in [3.63, 3.8) is 0 Å². The van der Waals surface area contributed by atoms with Gasteiger partial charge in [0.15, 0.2) is 0 Å². The number of ether oxygens (including phenoxy) is 1. The summed E-state index contributed by atoms with van der Waals surface area (Å²) in [6.07, 6.45) is 5.02. The van der Waals surface area contributed by atoms with Crippen LogP contribution in [0.2, 0.25) is 0 Å². The van der Waals surface area contributed by atoms with Crippen molar-refractivity contribution in [1.29, 1.82) is 0 Å². The third-order valence-electron chi connectivity index (χ3n) is 3.44. The van der Waals surface area contributed by atoms with Gasteiger partial charge >= 0.3 is 0 Å². The molecule has 118 valence electrons. The topological polar surface area (TPSA) is 70.6 Å². The van der Waals surface area contributed by atoms with Crippen LogP contribution in [0.4, 0.5) is 0 Å². The smallest absolute Gasteiger partial charge is 0.221 e. The maximum atomic E-state index is 11.5. The Kier molecular flexibility index (Phi) is 8.82. The molecule has 1 atom stereocenters. The van der Waals surface area contributed by atoms with Crippen LogP contribution < -0.4 is 10.6 Å². The van der Waals surface area contributed by atoms with E-state index in [1.807, 2.05) is 0 Å². The van der Waals surface area contributed by atoms with Crippen molar-refractivity contribution in [3.05, 3.63) is 0 Å². The fourth-order valence-electron chi connectivity index (χ4n) is 2.24. The number of carbonyl (C=O) groups excluding carboxylic acids is 1. The van der Waals surface area contributed by atoms with Gasteiger partial charge in [-0.3, -0.25) is 4.79 Å². The molecule has 0 radical (unpaired) electrons. The Balaban J connectivity index is 1.93. The maximum Gasteiger partial charge on any atom is 0.221 e. The van der Waals surface area contributed by atoms with E-state index < -0.39 is 6.10 Å². The number of amides is 1. The highest BCUT2D eigenvalue weighted by molar-refractivity contribution is 5.76. The molecule has 0 aromatic carbocycles. The van der Waals surface area contributed by atoms with Crippen LogP contribution in [0.5, 0.6) is 0 Å². The third kappa shape index (κ3) is 8.51. The number of hydrogen-bond donors (Lipinski definition) is 3. The first-order valence-electron chi connectivity index (χ1n) is 7.85. The summed E-state index contributed by atoms with van der Waals surface area (Å²) < 4.78 is 5.64. The summed E-state index contributed by atoms with van der Waals surface area (Å²) >= 11 is 0. The van der Waals surface area contributed by atoms with Crippen molar-refractivity contribution in [2.24, 2.45) is 5.92 Å². The lowest BCUT2D eigenvalue weighted by atomic mass is 10.2. The van der Waals surface area contributed by atoms with Crippen LogP contribution in [0.15, 0.2) is 0 Å². The van der Waals surface area contributed by atoms with E-state index in [0.717, 1.165) is 19.4 Å². The van der Waals surface area contributed by atoms with Gasteiger partial charge in [-0.25, -0.2) is 0 Å². The maximum absolute atomic E-state index is 11.5. The van der Waals surface area contributed by atoms with Crippen LogP contribution in [0, 0.1) is 5.92 Å². The second-order valence-electron chi connectivity index (χ2n) is 6.05. The fourth-order valence-corrected chi connectivity index (χ4v) is 2.24. The number of nitrogens with one attached hydrogen (secondary N) is 2. The summed E-state index contributed by atoms with van der Waals surface area (Å²) in [5.41, 5.74) is 0. The predicted octanol–water partition coefficient (Wildman–Crippen LogP) is 1.06. The quantitative estimate of drug-likeness (QED) is 0.525. The normalized spacial score (nSPS) is 17.6. The molecule has 0 aromatic rings. The van der Waals surface area contributed by atoms with Crippen molar-refractivity contribution in [2.45, 2.75) is 58.2 Å². The number of aliphatic hydroxyl groups excluding tert-OH is 1. The van der Waals surface area contributed by atoms with E-state index in [2.05, 4.69) is 24.5 Å². The number of aliphatic hydroxyl groups is 1. The van der Waals surface area contributed by atoms with E-state index in [1.54, 1.807) is 0 Å². The van der Waals surface area contributed by atoms with Gasteiger partial charge in [-0.05, 0) is 18.8 Å². The molecular weight excluding hydrogens is 256 g/mol. The molecule has 1 aliphatic carbocycles. The van der Waals surface area contributed by atoms with Crippen LogP contribution >= 0.6 is 0 Å². The minimum absolute atomic E-state index is 0.0582. The van der Waals surface area contributed by atoms with E-state index in [1.165, 1.54) is 12.8 Å². The van der Waals surface area contributed by atoms with Crippen molar-refractivity contribution in [1.82, 2.24) is 10.6 Å². The van der Waals surface area contributed by atoms with Gasteiger partial charge in [0.2, 0.25) is 5.91 Å². The van der Waals surface area contributed by atoms with E-state index in [9.17, 15) is 9.90 Å². The molecule has 1 aliphatic rings. The molecule has 5 heteroatoms. The van der Waals surface area contributed by atoms with Gasteiger partial charge in [0.25, 0.3) is 0 Å². The van der Waals surface area contributed by atoms with Gasteiger partial charge < -0.3 is 20.5 Å². The van der Waals surface area contributed by atoms with Crippen LogP contribution in [-0.4, -0.2) is 49.5 Å². The van der Waals surface area contributed by atoms with E-state index in [4.69, 9.17) is 4.74 Å². The molecule has 1 amide bonds. The van der Waals surface area contributed by atoms with Crippen LogP contribution in [0.1, 0.15) is 46.0 Å². The molecule has 0 bridgehead atoms. The Labute approximate surface area is 122 Å². The van der Waals surface area contributed by atoms with E-state index in [-0.39, 0.29) is 5.91 Å². The summed E-state index contributed by atoms with van der Waals surface area (Å²) in [6.45, 7) is 6.31. The Hall–Kier alpha value is -0.650. The van der Waals surface area contributed by atoms with Gasteiger partial charge in [0.1, 0.15) is 0 Å². The Morgan fingerprint density at radius 3 is 2.65 bits per heavy atom. The van der Waals surface area contributed by atoms with Crippen molar-refractivity contribution in [3.8, 4) is 0 Å². The Morgan fingerprint density at radius 2 is 2.00 bits per heavy atom. The van der Waals surface area contributed by atoms with Crippen molar-refractivity contribution >= 4 is 5.91 Å². The summed E-state index contributed by atoms with van der Waals surface area (Å²) in [4.78, 5) is 11.5. The van der Waals surface area contributed by atoms with Crippen LogP contribution in [0.3, 0.4) is 0 Å². The molecule has 1 unspecified atom stereocenters. The zero-order valence-corrected chi connectivity index (χ0v) is 12.9. The Bertz CT molecular complexity index is 266. The fraction of sp³-hybridized carbons (Fsp3) is 0.933. The van der Waals surface area contributed by atoms with Gasteiger partial charge in [-0.15, -0.1) is 0 Å². The molecule has 1 rings (SSSR count). The van der Waals surface area contributed by atoms with Gasteiger partial charge in [0, 0.05) is 26.1 Å². The molecule has 3 N–H and O–H groups in total. The second-order valence-corrected chi connectivity index (χ2v) is 6.05. The monoisotopic (exact) mass is 286 g/mol. The average molecular weight is 286 g/mol. The minimum Gasteiger partial charge on any atom is -0.389 e. The summed E-state index contributed by atoms with van der Waals surface area (Å²) in [7, 11) is 0. The first-order chi connectivity index (χ1) is 9.58. The largest absolute Gasteiger partial charge is 0.389 e. The van der Waals surface area contributed by atoms with Gasteiger partial charge in [0.05, 0.1) is 18.8 Å². The van der Waals surface area contributed by atoms with Crippen molar-refractivity contribution in [2.75, 3.05) is 26.2 Å². The molecule has 1 fully saturated rings. The summed E-state index contributed by atoms with van der Waals surface area (Å²) in [6, 6.07) is 0. The molecule has 0 aromatic heterocycles. The average Bonchev–Trinajstić information content (AvgIpc) is 2.92. The highest BCUT2D eigenvalue weighted by Crippen LogP contribution is 2.20. The van der Waals surface area contributed by atoms with Gasteiger partial charge in [-0.2, -0.15) is 0 Å². The molecule has 0 heterocycles. The highest BCUT2D eigenvalue weighted by atomic mass is 16.5.